The van der Waals surface area contributed by atoms with Gasteiger partial charge in [-0.25, -0.2) is 0 Å². The minimum atomic E-state index is -4.42. The molecule has 0 radical (unpaired) electrons. The van der Waals surface area contributed by atoms with E-state index < -0.39 is 21.7 Å². The lowest BCUT2D eigenvalue weighted by molar-refractivity contribution is 0.101. The Morgan fingerprint density at radius 2 is 1.42 bits per heavy atom. The zero-order valence-electron chi connectivity index (χ0n) is 13.7. The molecule has 0 atom stereocenters. The van der Waals surface area contributed by atoms with Crippen LogP contribution in [0, 0.1) is 0 Å². The molecule has 0 heterocycles. The molecule has 0 fully saturated rings. The first-order valence-electron chi connectivity index (χ1n) is 7.81. The Morgan fingerprint density at radius 1 is 0.808 bits per heavy atom. The summed E-state index contributed by atoms with van der Waals surface area (Å²) in [7, 11) is -4.42. The lowest BCUT2D eigenvalue weighted by Crippen LogP contribution is -2.14. The van der Waals surface area contributed by atoms with Crippen LogP contribution in [0.2, 0.25) is 0 Å². The number of ketones is 1. The van der Waals surface area contributed by atoms with E-state index in [1.165, 1.54) is 12.1 Å². The fourth-order valence-corrected chi connectivity index (χ4v) is 3.27. The summed E-state index contributed by atoms with van der Waals surface area (Å²) in [5.41, 5.74) is 3.22. The lowest BCUT2D eigenvalue weighted by atomic mass is 9.93. The highest BCUT2D eigenvalue weighted by Gasteiger charge is 2.17. The van der Waals surface area contributed by atoms with Crippen molar-refractivity contribution in [2.24, 2.45) is 0 Å². The van der Waals surface area contributed by atoms with Gasteiger partial charge in [0.2, 0.25) is 0 Å². The molecule has 5 nitrogen and oxygen atoms in total. The molecule has 26 heavy (non-hydrogen) atoms. The monoisotopic (exact) mass is 368 g/mol. The SMILES string of the molecule is O=C(CS(=O)(=O)O)c1ccc(-c2ccccc2-c2ccccc2)c(O)c1. The van der Waals surface area contributed by atoms with Crippen molar-refractivity contribution >= 4 is 15.9 Å². The lowest BCUT2D eigenvalue weighted by Gasteiger charge is -2.12. The highest BCUT2D eigenvalue weighted by atomic mass is 32.2. The van der Waals surface area contributed by atoms with Crippen molar-refractivity contribution in [1.29, 1.82) is 0 Å². The maximum atomic E-state index is 11.9. The van der Waals surface area contributed by atoms with Crippen molar-refractivity contribution < 1.29 is 22.9 Å². The third kappa shape index (κ3) is 3.99. The number of rotatable bonds is 5. The number of phenolic OH excluding ortho intramolecular Hbond substituents is 1. The summed E-state index contributed by atoms with van der Waals surface area (Å²) in [6.07, 6.45) is 0. The predicted octanol–water partition coefficient (Wildman–Crippen LogP) is 3.80. The van der Waals surface area contributed by atoms with E-state index in [2.05, 4.69) is 0 Å². The number of benzene rings is 3. The van der Waals surface area contributed by atoms with Crippen LogP contribution < -0.4 is 0 Å². The molecule has 3 rings (SSSR count). The number of phenols is 1. The van der Waals surface area contributed by atoms with Gasteiger partial charge in [-0.15, -0.1) is 0 Å². The van der Waals surface area contributed by atoms with E-state index >= 15 is 0 Å². The molecular formula is C20H16O5S. The fraction of sp³-hybridized carbons (Fsp3) is 0.0500. The number of carbonyl (C=O) groups is 1. The Balaban J connectivity index is 2.03. The molecule has 0 aliphatic rings. The van der Waals surface area contributed by atoms with Gasteiger partial charge in [-0.05, 0) is 28.8 Å². The summed E-state index contributed by atoms with van der Waals surface area (Å²) in [6, 6.07) is 21.4. The fourth-order valence-electron chi connectivity index (χ4n) is 2.77. The smallest absolute Gasteiger partial charge is 0.272 e. The standard InChI is InChI=1S/C20H16O5S/c21-19-12-15(20(22)13-26(23,24)25)10-11-18(19)17-9-5-4-8-16(17)14-6-2-1-3-7-14/h1-12,21H,13H2,(H,23,24,25). The van der Waals surface area contributed by atoms with Gasteiger partial charge in [0.25, 0.3) is 10.1 Å². The maximum Gasteiger partial charge on any atom is 0.272 e. The van der Waals surface area contributed by atoms with Crippen molar-refractivity contribution in [2.45, 2.75) is 0 Å². The van der Waals surface area contributed by atoms with Gasteiger partial charge in [0.1, 0.15) is 11.5 Å². The summed E-state index contributed by atoms with van der Waals surface area (Å²) in [6.45, 7) is 0. The molecule has 0 aromatic heterocycles. The minimum absolute atomic E-state index is 0.0149. The minimum Gasteiger partial charge on any atom is -0.507 e. The molecule has 3 aromatic carbocycles. The van der Waals surface area contributed by atoms with E-state index in [1.807, 2.05) is 54.6 Å². The van der Waals surface area contributed by atoms with Crippen LogP contribution in [0.5, 0.6) is 5.75 Å². The van der Waals surface area contributed by atoms with Crippen LogP contribution in [0.1, 0.15) is 10.4 Å². The molecule has 0 aliphatic heterocycles. The first-order valence-corrected chi connectivity index (χ1v) is 9.42. The average Bonchev–Trinajstić information content (AvgIpc) is 2.61. The number of hydrogen-bond acceptors (Lipinski definition) is 4. The molecule has 6 heteroatoms. The second-order valence-electron chi connectivity index (χ2n) is 5.79. The van der Waals surface area contributed by atoms with Crippen LogP contribution in [0.15, 0.2) is 72.8 Å². The van der Waals surface area contributed by atoms with Crippen LogP contribution in [0.4, 0.5) is 0 Å². The van der Waals surface area contributed by atoms with Crippen LogP contribution in [-0.4, -0.2) is 29.6 Å². The van der Waals surface area contributed by atoms with E-state index in [9.17, 15) is 18.3 Å². The Kier molecular flexibility index (Phi) is 4.88. The van der Waals surface area contributed by atoms with Gasteiger partial charge in [0, 0.05) is 11.1 Å². The molecule has 0 saturated carbocycles. The number of carbonyl (C=O) groups excluding carboxylic acids is 1. The van der Waals surface area contributed by atoms with Gasteiger partial charge in [-0.1, -0.05) is 60.7 Å². The van der Waals surface area contributed by atoms with Gasteiger partial charge >= 0.3 is 0 Å². The van der Waals surface area contributed by atoms with E-state index in [0.717, 1.165) is 16.7 Å². The second kappa shape index (κ2) is 7.11. The molecule has 0 saturated heterocycles. The van der Waals surface area contributed by atoms with Gasteiger partial charge in [0.15, 0.2) is 5.78 Å². The van der Waals surface area contributed by atoms with Crippen LogP contribution in [0.25, 0.3) is 22.3 Å². The van der Waals surface area contributed by atoms with Gasteiger partial charge in [0.05, 0.1) is 0 Å². The highest BCUT2D eigenvalue weighted by Crippen LogP contribution is 2.37. The number of aromatic hydroxyl groups is 1. The molecular weight excluding hydrogens is 352 g/mol. The van der Waals surface area contributed by atoms with Crippen molar-refractivity contribution in [3.05, 3.63) is 78.4 Å². The summed E-state index contributed by atoms with van der Waals surface area (Å²) in [5, 5.41) is 10.4. The largest absolute Gasteiger partial charge is 0.507 e. The zero-order chi connectivity index (χ0) is 18.7. The van der Waals surface area contributed by atoms with Crippen molar-refractivity contribution in [1.82, 2.24) is 0 Å². The third-order valence-corrected chi connectivity index (χ3v) is 4.56. The first kappa shape index (κ1) is 17.8. The molecule has 0 bridgehead atoms. The molecule has 132 valence electrons. The summed E-state index contributed by atoms with van der Waals surface area (Å²) >= 11 is 0. The first-order chi connectivity index (χ1) is 12.3. The zero-order valence-corrected chi connectivity index (χ0v) is 14.5. The molecule has 0 spiro atoms. The van der Waals surface area contributed by atoms with Crippen molar-refractivity contribution in [2.75, 3.05) is 5.75 Å². The number of hydrogen-bond donors (Lipinski definition) is 2. The Hall–Kier alpha value is -2.96. The molecule has 0 amide bonds. The van der Waals surface area contributed by atoms with Crippen LogP contribution >= 0.6 is 0 Å². The summed E-state index contributed by atoms with van der Waals surface area (Å²) in [4.78, 5) is 11.9. The van der Waals surface area contributed by atoms with Gasteiger partial charge in [-0.3, -0.25) is 9.35 Å². The van der Waals surface area contributed by atoms with Gasteiger partial charge < -0.3 is 5.11 Å². The topological polar surface area (TPSA) is 91.7 Å². The Labute approximate surface area is 151 Å². The van der Waals surface area contributed by atoms with Gasteiger partial charge in [-0.2, -0.15) is 8.42 Å². The second-order valence-corrected chi connectivity index (χ2v) is 7.25. The highest BCUT2D eigenvalue weighted by molar-refractivity contribution is 7.86. The Morgan fingerprint density at radius 3 is 2.04 bits per heavy atom. The normalized spacial score (nSPS) is 11.3. The molecule has 3 aromatic rings. The summed E-state index contributed by atoms with van der Waals surface area (Å²) < 4.78 is 30.5. The van der Waals surface area contributed by atoms with Crippen molar-refractivity contribution in [3.63, 3.8) is 0 Å². The van der Waals surface area contributed by atoms with E-state index in [1.54, 1.807) is 6.07 Å². The molecule has 2 N–H and O–H groups in total. The van der Waals surface area contributed by atoms with E-state index in [0.29, 0.717) is 5.56 Å². The van der Waals surface area contributed by atoms with Crippen LogP contribution in [-0.2, 0) is 10.1 Å². The Bertz CT molecular complexity index is 1060. The average molecular weight is 368 g/mol. The van der Waals surface area contributed by atoms with Crippen molar-refractivity contribution in [3.8, 4) is 28.0 Å². The molecule has 0 unspecified atom stereocenters. The van der Waals surface area contributed by atoms with E-state index in [-0.39, 0.29) is 11.3 Å². The molecule has 0 aliphatic carbocycles. The van der Waals surface area contributed by atoms with E-state index in [4.69, 9.17) is 4.55 Å². The predicted molar refractivity (Wildman–Crippen MR) is 99.7 cm³/mol. The van der Waals surface area contributed by atoms with Crippen LogP contribution in [0.3, 0.4) is 0 Å². The summed E-state index contributed by atoms with van der Waals surface area (Å²) in [5.74, 6) is -1.95. The third-order valence-electron chi connectivity index (χ3n) is 3.94. The number of Topliss-reactive ketones (excluding diaryl/α,β-unsaturated/α-hetero) is 1. The quantitative estimate of drug-likeness (QED) is 0.528. The maximum absolute atomic E-state index is 11.9.